The van der Waals surface area contributed by atoms with Crippen LogP contribution in [-0.2, 0) is 6.42 Å². The molecule has 0 amide bonds. The number of hydrogen-bond acceptors (Lipinski definition) is 3. The molecule has 1 aromatic rings. The molecule has 1 fully saturated rings. The monoisotopic (exact) mass is 255 g/mol. The highest BCUT2D eigenvalue weighted by molar-refractivity contribution is 6.30. The first-order chi connectivity index (χ1) is 8.10. The number of hydrogen-bond donors (Lipinski definition) is 1. The van der Waals surface area contributed by atoms with Crippen molar-refractivity contribution in [1.82, 2.24) is 0 Å². The SMILES string of the molecule is COc1cc(Cl)cc(CC(C)N)c1OC1CC1. The number of methoxy groups -OCH3 is 1. The third kappa shape index (κ3) is 3.27. The Bertz CT molecular complexity index is 403. The van der Waals surface area contributed by atoms with E-state index in [1.54, 1.807) is 13.2 Å². The summed E-state index contributed by atoms with van der Waals surface area (Å²) in [5.41, 5.74) is 6.87. The zero-order valence-electron chi connectivity index (χ0n) is 10.2. The van der Waals surface area contributed by atoms with Crippen LogP contribution in [0.15, 0.2) is 12.1 Å². The van der Waals surface area contributed by atoms with E-state index >= 15 is 0 Å². The standard InChI is InChI=1S/C13H18ClNO2/c1-8(15)5-9-6-10(14)7-12(16-2)13(9)17-11-3-4-11/h6-8,11H,3-5,15H2,1-2H3. The minimum absolute atomic E-state index is 0.0692. The second-order valence-electron chi connectivity index (χ2n) is 4.59. The fourth-order valence-electron chi connectivity index (χ4n) is 1.76. The molecule has 0 bridgehead atoms. The van der Waals surface area contributed by atoms with Crippen molar-refractivity contribution in [3.63, 3.8) is 0 Å². The quantitative estimate of drug-likeness (QED) is 0.880. The molecule has 3 nitrogen and oxygen atoms in total. The lowest BCUT2D eigenvalue weighted by Gasteiger charge is -2.16. The van der Waals surface area contributed by atoms with Crippen molar-refractivity contribution in [2.75, 3.05) is 7.11 Å². The summed E-state index contributed by atoms with van der Waals surface area (Å²) in [6.45, 7) is 1.97. The lowest BCUT2D eigenvalue weighted by atomic mass is 10.1. The molecule has 1 saturated carbocycles. The zero-order chi connectivity index (χ0) is 12.4. The summed E-state index contributed by atoms with van der Waals surface area (Å²) >= 11 is 6.06. The van der Waals surface area contributed by atoms with Gasteiger partial charge in [-0.05, 0) is 32.3 Å². The number of nitrogens with two attached hydrogens (primary N) is 1. The molecule has 2 N–H and O–H groups in total. The molecule has 1 aliphatic rings. The fraction of sp³-hybridized carbons (Fsp3) is 0.538. The van der Waals surface area contributed by atoms with Gasteiger partial charge in [0, 0.05) is 22.7 Å². The van der Waals surface area contributed by atoms with Crippen molar-refractivity contribution in [3.8, 4) is 11.5 Å². The maximum absolute atomic E-state index is 6.06. The summed E-state index contributed by atoms with van der Waals surface area (Å²) in [7, 11) is 1.63. The van der Waals surface area contributed by atoms with Crippen LogP contribution in [0.2, 0.25) is 5.02 Å². The van der Waals surface area contributed by atoms with Crippen LogP contribution in [-0.4, -0.2) is 19.3 Å². The van der Waals surface area contributed by atoms with Crippen molar-refractivity contribution in [3.05, 3.63) is 22.7 Å². The van der Waals surface area contributed by atoms with Crippen LogP contribution in [0, 0.1) is 0 Å². The Morgan fingerprint density at radius 3 is 2.71 bits per heavy atom. The molecule has 2 rings (SSSR count). The zero-order valence-corrected chi connectivity index (χ0v) is 11.0. The Kier molecular flexibility index (Phi) is 3.79. The Balaban J connectivity index is 2.33. The molecule has 0 aromatic heterocycles. The Morgan fingerprint density at radius 2 is 2.18 bits per heavy atom. The minimum atomic E-state index is 0.0692. The summed E-state index contributed by atoms with van der Waals surface area (Å²) in [6.07, 6.45) is 3.29. The van der Waals surface area contributed by atoms with E-state index in [-0.39, 0.29) is 6.04 Å². The van der Waals surface area contributed by atoms with Crippen molar-refractivity contribution in [2.24, 2.45) is 5.73 Å². The maximum Gasteiger partial charge on any atom is 0.164 e. The van der Waals surface area contributed by atoms with Crippen LogP contribution >= 0.6 is 11.6 Å². The summed E-state index contributed by atoms with van der Waals surface area (Å²) in [5.74, 6) is 1.50. The highest BCUT2D eigenvalue weighted by atomic mass is 35.5. The summed E-state index contributed by atoms with van der Waals surface area (Å²) in [5, 5.41) is 0.653. The van der Waals surface area contributed by atoms with E-state index in [2.05, 4.69) is 0 Å². The van der Waals surface area contributed by atoms with Crippen LogP contribution in [0.5, 0.6) is 11.5 Å². The van der Waals surface area contributed by atoms with Gasteiger partial charge in [0.25, 0.3) is 0 Å². The molecule has 1 aromatic carbocycles. The van der Waals surface area contributed by atoms with E-state index in [4.69, 9.17) is 26.8 Å². The first-order valence-corrected chi connectivity index (χ1v) is 6.26. The van der Waals surface area contributed by atoms with Gasteiger partial charge in [-0.3, -0.25) is 0 Å². The first kappa shape index (κ1) is 12.5. The van der Waals surface area contributed by atoms with Gasteiger partial charge in [-0.15, -0.1) is 0 Å². The van der Waals surface area contributed by atoms with Gasteiger partial charge in [-0.25, -0.2) is 0 Å². The van der Waals surface area contributed by atoms with Gasteiger partial charge in [-0.1, -0.05) is 11.6 Å². The Hall–Kier alpha value is -0.930. The van der Waals surface area contributed by atoms with E-state index in [0.717, 1.165) is 30.6 Å². The highest BCUT2D eigenvalue weighted by Crippen LogP contribution is 2.39. The van der Waals surface area contributed by atoms with Crippen molar-refractivity contribution < 1.29 is 9.47 Å². The van der Waals surface area contributed by atoms with Crippen molar-refractivity contribution in [1.29, 1.82) is 0 Å². The topological polar surface area (TPSA) is 44.5 Å². The van der Waals surface area contributed by atoms with Gasteiger partial charge in [-0.2, -0.15) is 0 Å². The predicted octanol–water partition coefficient (Wildman–Crippen LogP) is 2.78. The molecule has 0 saturated heterocycles. The van der Waals surface area contributed by atoms with E-state index in [1.807, 2.05) is 13.0 Å². The molecule has 1 unspecified atom stereocenters. The summed E-state index contributed by atoms with van der Waals surface area (Å²) in [6, 6.07) is 3.76. The molecule has 4 heteroatoms. The summed E-state index contributed by atoms with van der Waals surface area (Å²) in [4.78, 5) is 0. The van der Waals surface area contributed by atoms with E-state index in [0.29, 0.717) is 16.9 Å². The van der Waals surface area contributed by atoms with E-state index in [9.17, 15) is 0 Å². The average Bonchev–Trinajstić information content (AvgIpc) is 3.04. The molecular formula is C13H18ClNO2. The number of halogens is 1. The fourth-order valence-corrected chi connectivity index (χ4v) is 1.99. The van der Waals surface area contributed by atoms with Crippen molar-refractivity contribution in [2.45, 2.75) is 38.3 Å². The molecule has 0 heterocycles. The number of ether oxygens (including phenoxy) is 2. The molecule has 0 aliphatic heterocycles. The van der Waals surface area contributed by atoms with Crippen LogP contribution in [0.1, 0.15) is 25.3 Å². The minimum Gasteiger partial charge on any atom is -0.493 e. The lowest BCUT2D eigenvalue weighted by molar-refractivity contribution is 0.278. The molecule has 1 aliphatic carbocycles. The van der Waals surface area contributed by atoms with Crippen LogP contribution < -0.4 is 15.2 Å². The molecular weight excluding hydrogens is 238 g/mol. The Morgan fingerprint density at radius 1 is 1.47 bits per heavy atom. The van der Waals surface area contributed by atoms with Crippen LogP contribution in [0.4, 0.5) is 0 Å². The smallest absolute Gasteiger partial charge is 0.164 e. The summed E-state index contributed by atoms with van der Waals surface area (Å²) < 4.78 is 11.2. The van der Waals surface area contributed by atoms with Gasteiger partial charge in [0.05, 0.1) is 13.2 Å². The van der Waals surface area contributed by atoms with Gasteiger partial charge < -0.3 is 15.2 Å². The average molecular weight is 256 g/mol. The van der Waals surface area contributed by atoms with Crippen molar-refractivity contribution >= 4 is 11.6 Å². The van der Waals surface area contributed by atoms with E-state index in [1.165, 1.54) is 0 Å². The number of benzene rings is 1. The normalized spacial score (nSPS) is 16.7. The molecule has 1 atom stereocenters. The second kappa shape index (κ2) is 5.15. The lowest BCUT2D eigenvalue weighted by Crippen LogP contribution is -2.18. The van der Waals surface area contributed by atoms with Gasteiger partial charge in [0.15, 0.2) is 11.5 Å². The van der Waals surface area contributed by atoms with Gasteiger partial charge in [0.2, 0.25) is 0 Å². The van der Waals surface area contributed by atoms with E-state index < -0.39 is 0 Å². The first-order valence-electron chi connectivity index (χ1n) is 5.88. The number of rotatable bonds is 5. The molecule has 17 heavy (non-hydrogen) atoms. The molecule has 0 spiro atoms. The second-order valence-corrected chi connectivity index (χ2v) is 5.03. The van der Waals surface area contributed by atoms with Gasteiger partial charge in [0.1, 0.15) is 0 Å². The highest BCUT2D eigenvalue weighted by Gasteiger charge is 2.26. The third-order valence-corrected chi connectivity index (χ3v) is 2.89. The predicted molar refractivity (Wildman–Crippen MR) is 69.0 cm³/mol. The van der Waals surface area contributed by atoms with Crippen LogP contribution in [0.25, 0.3) is 0 Å². The largest absolute Gasteiger partial charge is 0.493 e. The Labute approximate surface area is 107 Å². The molecule has 94 valence electrons. The van der Waals surface area contributed by atoms with Crippen LogP contribution in [0.3, 0.4) is 0 Å². The van der Waals surface area contributed by atoms with Gasteiger partial charge >= 0.3 is 0 Å². The maximum atomic E-state index is 6.06. The third-order valence-electron chi connectivity index (χ3n) is 2.67. The molecule has 0 radical (unpaired) electrons.